The van der Waals surface area contributed by atoms with Crippen molar-refractivity contribution in [2.45, 2.75) is 18.7 Å². The summed E-state index contributed by atoms with van der Waals surface area (Å²) in [6.45, 7) is 1.78. The molecule has 2 unspecified atom stereocenters. The average Bonchev–Trinajstić information content (AvgIpc) is 2.41. The van der Waals surface area contributed by atoms with Crippen molar-refractivity contribution in [3.8, 4) is 0 Å². The van der Waals surface area contributed by atoms with Crippen molar-refractivity contribution in [3.63, 3.8) is 0 Å². The summed E-state index contributed by atoms with van der Waals surface area (Å²) in [5.74, 6) is 0. The molecule has 1 N–H and O–H groups in total. The molecular weight excluding hydrogens is 246 g/mol. The van der Waals surface area contributed by atoms with E-state index < -0.39 is 16.7 Å². The van der Waals surface area contributed by atoms with E-state index in [9.17, 15) is 15.2 Å². The first-order valence-electron chi connectivity index (χ1n) is 5.73. The summed E-state index contributed by atoms with van der Waals surface area (Å²) in [5, 5.41) is 28.8. The van der Waals surface area contributed by atoms with Crippen molar-refractivity contribution in [1.82, 2.24) is 0 Å². The van der Waals surface area contributed by atoms with E-state index in [2.05, 4.69) is 10.2 Å². The van der Waals surface area contributed by atoms with Crippen molar-refractivity contribution in [2.75, 3.05) is 0 Å². The number of hydrogen-bond donors (Lipinski definition) is 1. The van der Waals surface area contributed by atoms with E-state index in [-0.39, 0.29) is 0 Å². The van der Waals surface area contributed by atoms with Crippen molar-refractivity contribution in [3.05, 3.63) is 64.2 Å². The monoisotopic (exact) mass is 259 g/mol. The SMILES string of the molecule is CC1=CC(/N=N/c2ccccc2)C(O)([N+](=O)[O-])C=C1. The van der Waals surface area contributed by atoms with Crippen LogP contribution in [0.5, 0.6) is 0 Å². The van der Waals surface area contributed by atoms with Gasteiger partial charge >= 0.3 is 5.72 Å². The first-order chi connectivity index (χ1) is 9.02. The van der Waals surface area contributed by atoms with Crippen molar-refractivity contribution < 1.29 is 10.0 Å². The standard InChI is InChI=1S/C13H13N3O3/c1-10-7-8-13(17,16(18)19)12(9-10)15-14-11-5-3-2-4-6-11/h2-9,12,17H,1H3/b15-14+. The maximum absolute atomic E-state index is 11.0. The Kier molecular flexibility index (Phi) is 3.52. The molecule has 1 aliphatic rings. The van der Waals surface area contributed by atoms with Crippen LogP contribution in [0.3, 0.4) is 0 Å². The third-order valence-electron chi connectivity index (χ3n) is 2.79. The third kappa shape index (κ3) is 2.74. The molecule has 0 aliphatic heterocycles. The maximum atomic E-state index is 11.0. The minimum atomic E-state index is -2.24. The normalized spacial score (nSPS) is 26.4. The molecule has 0 aromatic heterocycles. The molecule has 1 aromatic carbocycles. The lowest BCUT2D eigenvalue weighted by molar-refractivity contribution is -0.609. The summed E-state index contributed by atoms with van der Waals surface area (Å²) < 4.78 is 0. The van der Waals surface area contributed by atoms with E-state index in [0.29, 0.717) is 5.69 Å². The van der Waals surface area contributed by atoms with E-state index >= 15 is 0 Å². The zero-order valence-electron chi connectivity index (χ0n) is 10.3. The summed E-state index contributed by atoms with van der Waals surface area (Å²) in [6, 6.07) is 7.83. The van der Waals surface area contributed by atoms with E-state index in [1.807, 2.05) is 6.07 Å². The van der Waals surface area contributed by atoms with Gasteiger partial charge in [0.2, 0.25) is 0 Å². The molecule has 0 fully saturated rings. The molecule has 0 saturated carbocycles. The molecule has 98 valence electrons. The Balaban J connectivity index is 2.28. The lowest BCUT2D eigenvalue weighted by Crippen LogP contribution is -2.47. The Labute approximate surface area is 109 Å². The van der Waals surface area contributed by atoms with Crippen molar-refractivity contribution in [1.29, 1.82) is 0 Å². The number of benzene rings is 1. The van der Waals surface area contributed by atoms with Gasteiger partial charge in [0.15, 0.2) is 6.04 Å². The van der Waals surface area contributed by atoms with Gasteiger partial charge in [0.25, 0.3) is 0 Å². The highest BCUT2D eigenvalue weighted by Crippen LogP contribution is 2.26. The van der Waals surface area contributed by atoms with Crippen LogP contribution in [-0.2, 0) is 0 Å². The molecule has 2 atom stereocenters. The molecule has 19 heavy (non-hydrogen) atoms. The van der Waals surface area contributed by atoms with Gasteiger partial charge < -0.3 is 5.11 Å². The first-order valence-corrected chi connectivity index (χ1v) is 5.73. The van der Waals surface area contributed by atoms with Gasteiger partial charge in [-0.3, -0.25) is 10.1 Å². The largest absolute Gasteiger partial charge is 0.370 e. The summed E-state index contributed by atoms with van der Waals surface area (Å²) in [4.78, 5) is 10.2. The first kappa shape index (κ1) is 13.1. The lowest BCUT2D eigenvalue weighted by Gasteiger charge is -2.22. The van der Waals surface area contributed by atoms with E-state index in [4.69, 9.17) is 0 Å². The highest BCUT2D eigenvalue weighted by molar-refractivity contribution is 5.35. The molecule has 0 bridgehead atoms. The summed E-state index contributed by atoms with van der Waals surface area (Å²) in [6.07, 6.45) is 4.16. The van der Waals surface area contributed by atoms with Crippen LogP contribution in [0, 0.1) is 10.1 Å². The Hall–Kier alpha value is -2.34. The molecule has 0 saturated heterocycles. The highest BCUT2D eigenvalue weighted by atomic mass is 16.7. The van der Waals surface area contributed by atoms with Gasteiger partial charge in [-0.15, -0.1) is 0 Å². The number of allylic oxidation sites excluding steroid dienone is 2. The van der Waals surface area contributed by atoms with Crippen LogP contribution in [0.25, 0.3) is 0 Å². The minimum absolute atomic E-state index is 0.578. The van der Waals surface area contributed by atoms with Crippen LogP contribution >= 0.6 is 0 Å². The molecule has 0 radical (unpaired) electrons. The van der Waals surface area contributed by atoms with Crippen LogP contribution < -0.4 is 0 Å². The summed E-state index contributed by atoms with van der Waals surface area (Å²) in [7, 11) is 0. The number of nitrogens with zero attached hydrogens (tertiary/aromatic N) is 3. The quantitative estimate of drug-likeness (QED) is 0.391. The van der Waals surface area contributed by atoms with Gasteiger partial charge in [0.1, 0.15) is 0 Å². The zero-order chi connectivity index (χ0) is 13.9. The topological polar surface area (TPSA) is 88.1 Å². The number of rotatable bonds is 3. The minimum Gasteiger partial charge on any atom is -0.325 e. The maximum Gasteiger partial charge on any atom is 0.370 e. The van der Waals surface area contributed by atoms with Crippen molar-refractivity contribution >= 4 is 5.69 Å². The number of nitro groups is 1. The predicted octanol–water partition coefficient (Wildman–Crippen LogP) is 2.62. The van der Waals surface area contributed by atoms with Crippen LogP contribution in [0.1, 0.15) is 6.92 Å². The molecule has 0 spiro atoms. The Morgan fingerprint density at radius 1 is 1.37 bits per heavy atom. The van der Waals surface area contributed by atoms with Gasteiger partial charge in [-0.2, -0.15) is 10.2 Å². The molecule has 1 aromatic rings. The number of aliphatic hydroxyl groups is 1. The van der Waals surface area contributed by atoms with Gasteiger partial charge in [-0.1, -0.05) is 29.8 Å². The second-order valence-electron chi connectivity index (χ2n) is 4.28. The van der Waals surface area contributed by atoms with Gasteiger partial charge in [-0.25, -0.2) is 0 Å². The Morgan fingerprint density at radius 2 is 2.05 bits per heavy atom. The van der Waals surface area contributed by atoms with Crippen LogP contribution in [0.15, 0.2) is 64.4 Å². The molecule has 6 nitrogen and oxygen atoms in total. The predicted molar refractivity (Wildman–Crippen MR) is 69.6 cm³/mol. The Bertz CT molecular complexity index is 566. The fourth-order valence-electron chi connectivity index (χ4n) is 1.69. The zero-order valence-corrected chi connectivity index (χ0v) is 10.3. The summed E-state index contributed by atoms with van der Waals surface area (Å²) >= 11 is 0. The summed E-state index contributed by atoms with van der Waals surface area (Å²) in [5.41, 5.74) is -0.866. The second kappa shape index (κ2) is 5.11. The van der Waals surface area contributed by atoms with Crippen LogP contribution in [0.4, 0.5) is 5.69 Å². The molecule has 0 heterocycles. The molecular formula is C13H13N3O3. The van der Waals surface area contributed by atoms with E-state index in [0.717, 1.165) is 11.6 Å². The average molecular weight is 259 g/mol. The molecule has 1 aliphatic carbocycles. The Morgan fingerprint density at radius 3 is 2.68 bits per heavy atom. The number of azo groups is 1. The van der Waals surface area contributed by atoms with Crippen LogP contribution in [0.2, 0.25) is 0 Å². The number of hydrogen-bond acceptors (Lipinski definition) is 5. The fourth-order valence-corrected chi connectivity index (χ4v) is 1.69. The highest BCUT2D eigenvalue weighted by Gasteiger charge is 2.47. The van der Waals surface area contributed by atoms with Gasteiger partial charge in [-0.05, 0) is 25.1 Å². The second-order valence-corrected chi connectivity index (χ2v) is 4.28. The van der Waals surface area contributed by atoms with Crippen molar-refractivity contribution in [2.24, 2.45) is 10.2 Å². The van der Waals surface area contributed by atoms with E-state index in [1.165, 1.54) is 12.2 Å². The van der Waals surface area contributed by atoms with Gasteiger partial charge in [0.05, 0.1) is 10.6 Å². The third-order valence-corrected chi connectivity index (χ3v) is 2.79. The molecule has 0 amide bonds. The molecule has 2 rings (SSSR count). The lowest BCUT2D eigenvalue weighted by atomic mass is 9.96. The fraction of sp³-hybridized carbons (Fsp3) is 0.231. The molecule has 6 heteroatoms. The van der Waals surface area contributed by atoms with Crippen LogP contribution in [-0.4, -0.2) is 21.8 Å². The van der Waals surface area contributed by atoms with Gasteiger partial charge in [0, 0.05) is 6.08 Å². The smallest absolute Gasteiger partial charge is 0.325 e. The van der Waals surface area contributed by atoms with E-state index in [1.54, 1.807) is 31.2 Å².